The van der Waals surface area contributed by atoms with Crippen LogP contribution in [0.3, 0.4) is 0 Å². The smallest absolute Gasteiger partial charge is 0.227 e. The molecule has 0 saturated carbocycles. The first-order valence-corrected chi connectivity index (χ1v) is 5.67. The summed E-state index contributed by atoms with van der Waals surface area (Å²) >= 11 is 0. The molecule has 0 spiro atoms. The van der Waals surface area contributed by atoms with E-state index in [0.717, 1.165) is 18.4 Å². The van der Waals surface area contributed by atoms with E-state index >= 15 is 0 Å². The van der Waals surface area contributed by atoms with Gasteiger partial charge < -0.3 is 14.3 Å². The van der Waals surface area contributed by atoms with Crippen molar-refractivity contribution in [3.05, 3.63) is 63.5 Å². The minimum Gasteiger partial charge on any atom is -0.482 e. The molecular formula is C14H10FNO4. The number of hydrogen-bond donors (Lipinski definition) is 1. The molecule has 0 fully saturated rings. The second-order valence-electron chi connectivity index (χ2n) is 3.98. The van der Waals surface area contributed by atoms with Crippen LogP contribution < -0.4 is 10.2 Å². The van der Waals surface area contributed by atoms with Gasteiger partial charge in [0.15, 0.2) is 0 Å². The minimum absolute atomic E-state index is 0.0510. The van der Waals surface area contributed by atoms with E-state index in [1.54, 1.807) is 0 Å². The molecule has 2 aromatic rings. The Hall–Kier alpha value is -2.65. The van der Waals surface area contributed by atoms with Crippen LogP contribution in [0, 0.1) is 17.1 Å². The molecule has 1 N–H and O–H groups in total. The summed E-state index contributed by atoms with van der Waals surface area (Å²) in [5.41, 5.74) is 0.149. The van der Waals surface area contributed by atoms with Crippen molar-refractivity contribution in [2.45, 2.75) is 13.2 Å². The van der Waals surface area contributed by atoms with E-state index in [0.29, 0.717) is 5.56 Å². The zero-order valence-corrected chi connectivity index (χ0v) is 10.3. The standard InChI is InChI=1S/C14H10FNO4/c15-11-2-9(5-16)1-10(3-11)7-20-14-8-19-12(6-17)4-13(14)18/h1-4,8,17H,6-7H2. The predicted octanol–water partition coefficient (Wildman–Crippen LogP) is 1.72. The van der Waals surface area contributed by atoms with E-state index in [1.165, 1.54) is 12.1 Å². The maximum Gasteiger partial charge on any atom is 0.227 e. The highest BCUT2D eigenvalue weighted by Gasteiger charge is 2.06. The largest absolute Gasteiger partial charge is 0.482 e. The Kier molecular flexibility index (Phi) is 4.13. The van der Waals surface area contributed by atoms with Crippen molar-refractivity contribution in [3.8, 4) is 11.8 Å². The van der Waals surface area contributed by atoms with E-state index in [-0.39, 0.29) is 30.3 Å². The fourth-order valence-electron chi connectivity index (χ4n) is 1.59. The monoisotopic (exact) mass is 275 g/mol. The van der Waals surface area contributed by atoms with Gasteiger partial charge in [0.2, 0.25) is 11.2 Å². The molecular weight excluding hydrogens is 265 g/mol. The maximum atomic E-state index is 13.2. The quantitative estimate of drug-likeness (QED) is 0.918. The Balaban J connectivity index is 2.15. The van der Waals surface area contributed by atoms with E-state index < -0.39 is 11.2 Å². The topological polar surface area (TPSA) is 83.5 Å². The zero-order valence-electron chi connectivity index (χ0n) is 10.3. The van der Waals surface area contributed by atoms with Crippen LogP contribution in [0.4, 0.5) is 4.39 Å². The highest BCUT2D eigenvalue weighted by Crippen LogP contribution is 2.12. The molecule has 1 aromatic heterocycles. The summed E-state index contributed by atoms with van der Waals surface area (Å²) in [6.45, 7) is -0.458. The lowest BCUT2D eigenvalue weighted by molar-refractivity contribution is 0.236. The molecule has 102 valence electrons. The second-order valence-corrected chi connectivity index (χ2v) is 3.98. The predicted molar refractivity (Wildman–Crippen MR) is 66.3 cm³/mol. The molecule has 1 aromatic carbocycles. The van der Waals surface area contributed by atoms with Gasteiger partial charge in [0.1, 0.15) is 31.1 Å². The molecule has 0 bridgehead atoms. The number of nitrogens with zero attached hydrogens (tertiary/aromatic N) is 1. The summed E-state index contributed by atoms with van der Waals surface area (Å²) in [4.78, 5) is 11.6. The van der Waals surface area contributed by atoms with Gasteiger partial charge in [0.25, 0.3) is 0 Å². The van der Waals surface area contributed by atoms with E-state index in [2.05, 4.69) is 0 Å². The molecule has 0 atom stereocenters. The molecule has 0 amide bonds. The molecule has 0 unspecified atom stereocenters. The van der Waals surface area contributed by atoms with Crippen molar-refractivity contribution < 1.29 is 18.7 Å². The average Bonchev–Trinajstić information content (AvgIpc) is 2.45. The summed E-state index contributed by atoms with van der Waals surface area (Å²) < 4.78 is 23.4. The summed E-state index contributed by atoms with van der Waals surface area (Å²) in [6.07, 6.45) is 1.08. The second kappa shape index (κ2) is 5.99. The molecule has 0 aliphatic heterocycles. The van der Waals surface area contributed by atoms with Crippen LogP contribution in [0.15, 0.2) is 39.7 Å². The van der Waals surface area contributed by atoms with Gasteiger partial charge in [-0.15, -0.1) is 0 Å². The highest BCUT2D eigenvalue weighted by molar-refractivity contribution is 5.33. The molecule has 0 aliphatic rings. The highest BCUT2D eigenvalue weighted by atomic mass is 19.1. The Morgan fingerprint density at radius 2 is 2.15 bits per heavy atom. The SMILES string of the molecule is N#Cc1cc(F)cc(COc2coc(CO)cc2=O)c1. The lowest BCUT2D eigenvalue weighted by Gasteiger charge is -2.06. The third-order valence-corrected chi connectivity index (χ3v) is 2.49. The van der Waals surface area contributed by atoms with Crippen LogP contribution in [-0.4, -0.2) is 5.11 Å². The normalized spacial score (nSPS) is 10.1. The van der Waals surface area contributed by atoms with Crippen molar-refractivity contribution in [1.29, 1.82) is 5.26 Å². The van der Waals surface area contributed by atoms with Crippen molar-refractivity contribution in [1.82, 2.24) is 0 Å². The van der Waals surface area contributed by atoms with Crippen LogP contribution in [0.5, 0.6) is 5.75 Å². The number of aliphatic hydroxyl groups is 1. The molecule has 2 rings (SSSR count). The van der Waals surface area contributed by atoms with Crippen LogP contribution in [0.25, 0.3) is 0 Å². The van der Waals surface area contributed by atoms with Gasteiger partial charge in [-0.25, -0.2) is 4.39 Å². The van der Waals surface area contributed by atoms with Gasteiger partial charge in [-0.2, -0.15) is 5.26 Å². The minimum atomic E-state index is -0.551. The summed E-state index contributed by atoms with van der Waals surface area (Å²) in [5, 5.41) is 17.5. The van der Waals surface area contributed by atoms with Gasteiger partial charge in [-0.3, -0.25) is 4.79 Å². The first-order valence-electron chi connectivity index (χ1n) is 5.67. The molecule has 0 radical (unpaired) electrons. The van der Waals surface area contributed by atoms with Gasteiger partial charge in [0, 0.05) is 6.07 Å². The number of aliphatic hydroxyl groups excluding tert-OH is 1. The summed E-state index contributed by atoms with van der Waals surface area (Å²) in [7, 11) is 0. The molecule has 5 nitrogen and oxygen atoms in total. The fraction of sp³-hybridized carbons (Fsp3) is 0.143. The molecule has 20 heavy (non-hydrogen) atoms. The van der Waals surface area contributed by atoms with E-state index in [9.17, 15) is 9.18 Å². The average molecular weight is 275 g/mol. The zero-order chi connectivity index (χ0) is 14.5. The third kappa shape index (κ3) is 3.22. The van der Waals surface area contributed by atoms with Gasteiger partial charge in [-0.1, -0.05) is 0 Å². The first kappa shape index (κ1) is 13.8. The maximum absolute atomic E-state index is 13.2. The number of hydrogen-bond acceptors (Lipinski definition) is 5. The number of ether oxygens (including phenoxy) is 1. The number of nitriles is 1. The summed E-state index contributed by atoms with van der Waals surface area (Å²) in [5.74, 6) is -0.477. The summed E-state index contributed by atoms with van der Waals surface area (Å²) in [6, 6.07) is 6.72. The van der Waals surface area contributed by atoms with Crippen LogP contribution in [0.1, 0.15) is 16.9 Å². The molecule has 0 aliphatic carbocycles. The van der Waals surface area contributed by atoms with Crippen molar-refractivity contribution in [2.24, 2.45) is 0 Å². The lowest BCUT2D eigenvalue weighted by atomic mass is 10.1. The van der Waals surface area contributed by atoms with Crippen LogP contribution >= 0.6 is 0 Å². The molecule has 1 heterocycles. The van der Waals surface area contributed by atoms with Gasteiger partial charge >= 0.3 is 0 Å². The Morgan fingerprint density at radius 1 is 1.35 bits per heavy atom. The number of halogens is 1. The first-order chi connectivity index (χ1) is 9.62. The number of rotatable bonds is 4. The third-order valence-electron chi connectivity index (χ3n) is 2.49. The molecule has 6 heteroatoms. The Bertz CT molecular complexity index is 718. The van der Waals surface area contributed by atoms with Crippen LogP contribution in [-0.2, 0) is 13.2 Å². The van der Waals surface area contributed by atoms with Crippen LogP contribution in [0.2, 0.25) is 0 Å². The van der Waals surface area contributed by atoms with Crippen molar-refractivity contribution in [2.75, 3.05) is 0 Å². The number of benzene rings is 1. The molecule has 0 saturated heterocycles. The Labute approximate surface area is 113 Å². The fourth-order valence-corrected chi connectivity index (χ4v) is 1.59. The van der Waals surface area contributed by atoms with E-state index in [1.807, 2.05) is 6.07 Å². The van der Waals surface area contributed by atoms with Gasteiger partial charge in [0.05, 0.1) is 11.6 Å². The lowest BCUT2D eigenvalue weighted by Crippen LogP contribution is -2.08. The Morgan fingerprint density at radius 3 is 2.80 bits per heavy atom. The van der Waals surface area contributed by atoms with Crippen molar-refractivity contribution >= 4 is 0 Å². The van der Waals surface area contributed by atoms with Crippen molar-refractivity contribution in [3.63, 3.8) is 0 Å². The van der Waals surface area contributed by atoms with E-state index in [4.69, 9.17) is 19.5 Å². The van der Waals surface area contributed by atoms with Gasteiger partial charge in [-0.05, 0) is 23.8 Å².